The second kappa shape index (κ2) is 6.69. The molecule has 2 aromatic rings. The predicted molar refractivity (Wildman–Crippen MR) is 88.3 cm³/mol. The van der Waals surface area contributed by atoms with Gasteiger partial charge >= 0.3 is 6.03 Å². The fourth-order valence-corrected chi connectivity index (χ4v) is 2.73. The Morgan fingerprint density at radius 3 is 2.91 bits per heavy atom. The monoisotopic (exact) mass is 311 g/mol. The summed E-state index contributed by atoms with van der Waals surface area (Å²) in [5, 5.41) is 2.96. The van der Waals surface area contributed by atoms with Gasteiger partial charge in [0.05, 0.1) is 7.11 Å². The lowest BCUT2D eigenvalue weighted by Crippen LogP contribution is -2.42. The molecule has 0 unspecified atom stereocenters. The molecule has 3 rings (SSSR count). The van der Waals surface area contributed by atoms with Gasteiger partial charge in [-0.15, -0.1) is 0 Å². The van der Waals surface area contributed by atoms with E-state index in [9.17, 15) is 4.79 Å². The van der Waals surface area contributed by atoms with Crippen LogP contribution in [0.15, 0.2) is 36.5 Å². The number of amides is 2. The zero-order chi connectivity index (χ0) is 16.2. The molecule has 0 aliphatic carbocycles. The van der Waals surface area contributed by atoms with Gasteiger partial charge in [0.25, 0.3) is 0 Å². The van der Waals surface area contributed by atoms with Crippen LogP contribution in [0.25, 0.3) is 0 Å². The SMILES string of the molecule is COc1ccc2c(c1)CN(C(=O)NCc1ccc(C)nc1)CC2. The quantitative estimate of drug-likeness (QED) is 0.948. The minimum absolute atomic E-state index is 0.0426. The Kier molecular flexibility index (Phi) is 4.46. The number of aromatic nitrogens is 1. The Morgan fingerprint density at radius 1 is 1.30 bits per heavy atom. The maximum absolute atomic E-state index is 12.4. The Balaban J connectivity index is 1.61. The first-order valence-corrected chi connectivity index (χ1v) is 7.76. The number of pyridine rings is 1. The number of aryl methyl sites for hydroxylation is 1. The number of carbonyl (C=O) groups excluding carboxylic acids is 1. The summed E-state index contributed by atoms with van der Waals surface area (Å²) < 4.78 is 5.26. The molecule has 1 aromatic carbocycles. The molecule has 2 heterocycles. The first-order valence-electron chi connectivity index (χ1n) is 7.76. The molecule has 5 nitrogen and oxygen atoms in total. The molecule has 0 saturated heterocycles. The fraction of sp³-hybridized carbons (Fsp3) is 0.333. The molecule has 1 aliphatic rings. The van der Waals surface area contributed by atoms with Crippen LogP contribution in [0, 0.1) is 6.92 Å². The summed E-state index contributed by atoms with van der Waals surface area (Å²) in [6.07, 6.45) is 2.67. The van der Waals surface area contributed by atoms with Gasteiger partial charge in [-0.2, -0.15) is 0 Å². The van der Waals surface area contributed by atoms with Crippen LogP contribution in [0.2, 0.25) is 0 Å². The number of hydrogen-bond donors (Lipinski definition) is 1. The highest BCUT2D eigenvalue weighted by Crippen LogP contribution is 2.23. The Bertz CT molecular complexity index is 698. The van der Waals surface area contributed by atoms with E-state index >= 15 is 0 Å². The molecule has 1 aliphatic heterocycles. The van der Waals surface area contributed by atoms with E-state index in [-0.39, 0.29) is 6.03 Å². The highest BCUT2D eigenvalue weighted by atomic mass is 16.5. The Hall–Kier alpha value is -2.56. The highest BCUT2D eigenvalue weighted by molar-refractivity contribution is 5.74. The van der Waals surface area contributed by atoms with Crippen molar-refractivity contribution >= 4 is 6.03 Å². The van der Waals surface area contributed by atoms with Gasteiger partial charge in [0.15, 0.2) is 0 Å². The second-order valence-corrected chi connectivity index (χ2v) is 5.77. The molecule has 120 valence electrons. The lowest BCUT2D eigenvalue weighted by molar-refractivity contribution is 0.192. The average Bonchev–Trinajstić information content (AvgIpc) is 2.60. The van der Waals surface area contributed by atoms with Crippen molar-refractivity contribution in [3.8, 4) is 5.75 Å². The van der Waals surface area contributed by atoms with Crippen LogP contribution in [0.5, 0.6) is 5.75 Å². The average molecular weight is 311 g/mol. The molecule has 0 saturated carbocycles. The van der Waals surface area contributed by atoms with Gasteiger partial charge in [0.1, 0.15) is 5.75 Å². The normalized spacial score (nSPS) is 13.4. The van der Waals surface area contributed by atoms with Crippen LogP contribution in [0.4, 0.5) is 4.79 Å². The number of fused-ring (bicyclic) bond motifs is 1. The van der Waals surface area contributed by atoms with Crippen LogP contribution < -0.4 is 10.1 Å². The summed E-state index contributed by atoms with van der Waals surface area (Å²) in [5.74, 6) is 0.830. The van der Waals surface area contributed by atoms with Crippen molar-refractivity contribution < 1.29 is 9.53 Å². The summed E-state index contributed by atoms with van der Waals surface area (Å²) in [6, 6.07) is 9.96. The van der Waals surface area contributed by atoms with E-state index in [2.05, 4.69) is 16.4 Å². The number of rotatable bonds is 3. The number of carbonyl (C=O) groups is 1. The molecule has 1 aromatic heterocycles. The van der Waals surface area contributed by atoms with Crippen LogP contribution in [0.1, 0.15) is 22.4 Å². The second-order valence-electron chi connectivity index (χ2n) is 5.77. The first-order chi connectivity index (χ1) is 11.2. The van der Waals surface area contributed by atoms with Crippen molar-refractivity contribution in [1.29, 1.82) is 0 Å². The van der Waals surface area contributed by atoms with Gasteiger partial charge in [-0.3, -0.25) is 4.98 Å². The van der Waals surface area contributed by atoms with Gasteiger partial charge in [-0.05, 0) is 48.2 Å². The minimum atomic E-state index is -0.0426. The third-order valence-corrected chi connectivity index (χ3v) is 4.13. The lowest BCUT2D eigenvalue weighted by Gasteiger charge is -2.29. The van der Waals surface area contributed by atoms with Gasteiger partial charge in [-0.25, -0.2) is 4.79 Å². The van der Waals surface area contributed by atoms with Crippen LogP contribution in [-0.4, -0.2) is 29.6 Å². The molecule has 0 atom stereocenters. The number of methoxy groups -OCH3 is 1. The summed E-state index contributed by atoms with van der Waals surface area (Å²) in [6.45, 7) is 3.79. The Labute approximate surface area is 136 Å². The molecule has 23 heavy (non-hydrogen) atoms. The van der Waals surface area contributed by atoms with Crippen molar-refractivity contribution in [3.05, 3.63) is 58.9 Å². The van der Waals surface area contributed by atoms with Crippen LogP contribution in [-0.2, 0) is 19.5 Å². The topological polar surface area (TPSA) is 54.5 Å². The first kappa shape index (κ1) is 15.3. The van der Waals surface area contributed by atoms with Crippen molar-refractivity contribution in [2.45, 2.75) is 26.4 Å². The standard InChI is InChI=1S/C18H21N3O2/c1-13-3-4-14(10-19-13)11-20-18(22)21-8-7-15-5-6-17(23-2)9-16(15)12-21/h3-6,9-10H,7-8,11-12H2,1-2H3,(H,20,22). The maximum atomic E-state index is 12.4. The number of benzene rings is 1. The van der Waals surface area contributed by atoms with E-state index in [1.807, 2.05) is 36.1 Å². The fourth-order valence-electron chi connectivity index (χ4n) is 2.73. The van der Waals surface area contributed by atoms with E-state index in [1.54, 1.807) is 13.3 Å². The van der Waals surface area contributed by atoms with Crippen molar-refractivity contribution in [3.63, 3.8) is 0 Å². The third kappa shape index (κ3) is 3.62. The summed E-state index contributed by atoms with van der Waals surface area (Å²) in [5.41, 5.74) is 4.42. The van der Waals surface area contributed by atoms with Crippen LogP contribution >= 0.6 is 0 Å². The molecular weight excluding hydrogens is 290 g/mol. The molecule has 0 fully saturated rings. The van der Waals surface area contributed by atoms with Crippen molar-refractivity contribution in [2.24, 2.45) is 0 Å². The molecule has 5 heteroatoms. The van der Waals surface area contributed by atoms with Gasteiger partial charge in [0, 0.05) is 31.5 Å². The minimum Gasteiger partial charge on any atom is -0.497 e. The van der Waals surface area contributed by atoms with Gasteiger partial charge in [0.2, 0.25) is 0 Å². The zero-order valence-corrected chi connectivity index (χ0v) is 13.5. The molecule has 0 radical (unpaired) electrons. The molecule has 1 N–H and O–H groups in total. The van der Waals surface area contributed by atoms with Crippen molar-refractivity contribution in [2.75, 3.05) is 13.7 Å². The number of nitrogens with zero attached hydrogens (tertiary/aromatic N) is 2. The van der Waals surface area contributed by atoms with E-state index in [0.29, 0.717) is 13.1 Å². The van der Waals surface area contributed by atoms with Crippen LogP contribution in [0.3, 0.4) is 0 Å². The number of nitrogens with one attached hydrogen (secondary N) is 1. The third-order valence-electron chi connectivity index (χ3n) is 4.13. The maximum Gasteiger partial charge on any atom is 0.317 e. The smallest absolute Gasteiger partial charge is 0.317 e. The van der Waals surface area contributed by atoms with E-state index in [1.165, 1.54) is 5.56 Å². The molecule has 2 amide bonds. The number of ether oxygens (including phenoxy) is 1. The summed E-state index contributed by atoms with van der Waals surface area (Å²) >= 11 is 0. The van der Waals surface area contributed by atoms with E-state index in [4.69, 9.17) is 4.74 Å². The lowest BCUT2D eigenvalue weighted by atomic mass is 10.00. The molecule has 0 bridgehead atoms. The zero-order valence-electron chi connectivity index (χ0n) is 13.5. The summed E-state index contributed by atoms with van der Waals surface area (Å²) in [7, 11) is 1.66. The number of urea groups is 1. The largest absolute Gasteiger partial charge is 0.497 e. The van der Waals surface area contributed by atoms with E-state index < -0.39 is 0 Å². The highest BCUT2D eigenvalue weighted by Gasteiger charge is 2.20. The predicted octanol–water partition coefficient (Wildman–Crippen LogP) is 2.67. The van der Waals surface area contributed by atoms with Crippen molar-refractivity contribution in [1.82, 2.24) is 15.2 Å². The van der Waals surface area contributed by atoms with Gasteiger partial charge in [-0.1, -0.05) is 12.1 Å². The summed E-state index contributed by atoms with van der Waals surface area (Å²) in [4.78, 5) is 18.4. The molecule has 0 spiro atoms. The molecular formula is C18H21N3O2. The number of hydrogen-bond acceptors (Lipinski definition) is 3. The van der Waals surface area contributed by atoms with E-state index in [0.717, 1.165) is 35.5 Å². The van der Waals surface area contributed by atoms with Gasteiger partial charge < -0.3 is 15.0 Å². The Morgan fingerprint density at radius 2 is 2.17 bits per heavy atom.